The van der Waals surface area contributed by atoms with Crippen molar-refractivity contribution in [2.45, 2.75) is 13.3 Å². The maximum Gasteiger partial charge on any atom is 0.255 e. The molecule has 0 aromatic heterocycles. The first-order chi connectivity index (χ1) is 8.08. The average Bonchev–Trinajstić information content (AvgIpc) is 2.31. The van der Waals surface area contributed by atoms with Crippen molar-refractivity contribution in [3.63, 3.8) is 0 Å². The molecule has 1 aliphatic rings. The van der Waals surface area contributed by atoms with Crippen LogP contribution in [0, 0.1) is 0 Å². The second-order valence-electron chi connectivity index (χ2n) is 4.19. The van der Waals surface area contributed by atoms with Crippen molar-refractivity contribution in [3.8, 4) is 0 Å². The number of nitrogens with zero attached hydrogens (tertiary/aromatic N) is 1. The van der Waals surface area contributed by atoms with Crippen LogP contribution < -0.4 is 0 Å². The smallest absolute Gasteiger partial charge is 0.255 e. The van der Waals surface area contributed by atoms with Crippen LogP contribution in [-0.2, 0) is 0 Å². The zero-order valence-electron chi connectivity index (χ0n) is 9.54. The summed E-state index contributed by atoms with van der Waals surface area (Å²) in [5, 5.41) is 0.584. The van der Waals surface area contributed by atoms with Gasteiger partial charge in [-0.25, -0.2) is 0 Å². The number of halogens is 2. The number of carbonyl (C=O) groups is 1. The van der Waals surface area contributed by atoms with Crippen molar-refractivity contribution in [1.29, 1.82) is 0 Å². The Labute approximate surface area is 114 Å². The molecule has 2 rings (SSSR count). The number of hydrogen-bond acceptors (Lipinski definition) is 1. The molecule has 4 heteroatoms. The molecule has 2 nitrogen and oxygen atoms in total. The topological polar surface area (TPSA) is 20.3 Å². The second kappa shape index (κ2) is 5.23. The van der Waals surface area contributed by atoms with Crippen LogP contribution >= 0.6 is 27.5 Å². The van der Waals surface area contributed by atoms with Gasteiger partial charge in [-0.05, 0) is 47.5 Å². The summed E-state index contributed by atoms with van der Waals surface area (Å²) in [4.78, 5) is 14.2. The Morgan fingerprint density at radius 1 is 1.47 bits per heavy atom. The van der Waals surface area contributed by atoms with Crippen LogP contribution in [0.3, 0.4) is 0 Å². The van der Waals surface area contributed by atoms with E-state index in [1.54, 1.807) is 12.1 Å². The minimum atomic E-state index is 0.0341. The lowest BCUT2D eigenvalue weighted by Gasteiger charge is -2.26. The van der Waals surface area contributed by atoms with Crippen molar-refractivity contribution < 1.29 is 4.79 Å². The lowest BCUT2D eigenvalue weighted by molar-refractivity contribution is 0.0765. The van der Waals surface area contributed by atoms with Crippen LogP contribution in [0.25, 0.3) is 0 Å². The summed E-state index contributed by atoms with van der Waals surface area (Å²) in [5.74, 6) is 0.0341. The number of benzene rings is 1. The van der Waals surface area contributed by atoms with E-state index in [1.807, 2.05) is 17.9 Å². The van der Waals surface area contributed by atoms with Crippen LogP contribution in [-0.4, -0.2) is 23.9 Å². The first-order valence-corrected chi connectivity index (χ1v) is 6.65. The number of carbonyl (C=O) groups excluding carboxylic acids is 1. The van der Waals surface area contributed by atoms with Crippen LogP contribution in [0.15, 0.2) is 34.3 Å². The van der Waals surface area contributed by atoms with Crippen molar-refractivity contribution in [2.75, 3.05) is 13.1 Å². The molecule has 0 unspecified atom stereocenters. The maximum absolute atomic E-state index is 12.3. The molecule has 1 heterocycles. The third-order valence-electron chi connectivity index (χ3n) is 2.78. The Bertz CT molecular complexity index is 484. The van der Waals surface area contributed by atoms with Gasteiger partial charge in [-0.1, -0.05) is 23.3 Å². The van der Waals surface area contributed by atoms with Crippen LogP contribution in [0.4, 0.5) is 0 Å². The fraction of sp³-hybridized carbons (Fsp3) is 0.308. The molecule has 0 bridgehead atoms. The standard InChI is InChI=1S/C13H13BrClNO/c1-9-3-2-6-16(8-9)13(17)11-7-10(15)4-5-12(11)14/h3-5,7H,2,6,8H2,1H3. The molecular formula is C13H13BrClNO. The van der Waals surface area contributed by atoms with E-state index in [0.717, 1.165) is 17.4 Å². The Kier molecular flexibility index (Phi) is 3.89. The van der Waals surface area contributed by atoms with Crippen LogP contribution in [0.1, 0.15) is 23.7 Å². The highest BCUT2D eigenvalue weighted by atomic mass is 79.9. The Balaban J connectivity index is 2.25. The van der Waals surface area contributed by atoms with E-state index in [9.17, 15) is 4.79 Å². The van der Waals surface area contributed by atoms with Gasteiger partial charge >= 0.3 is 0 Å². The summed E-state index contributed by atoms with van der Waals surface area (Å²) in [6.45, 7) is 3.53. The van der Waals surface area contributed by atoms with Gasteiger partial charge in [-0.3, -0.25) is 4.79 Å². The molecule has 0 saturated carbocycles. The van der Waals surface area contributed by atoms with E-state index in [0.29, 0.717) is 17.1 Å². The molecule has 90 valence electrons. The molecule has 0 N–H and O–H groups in total. The molecule has 1 aliphatic heterocycles. The molecule has 0 radical (unpaired) electrons. The first kappa shape index (κ1) is 12.7. The zero-order chi connectivity index (χ0) is 12.4. The molecule has 1 aromatic rings. The van der Waals surface area contributed by atoms with Gasteiger partial charge in [0, 0.05) is 22.6 Å². The molecule has 0 saturated heterocycles. The highest BCUT2D eigenvalue weighted by Gasteiger charge is 2.20. The van der Waals surface area contributed by atoms with Gasteiger partial charge in [0.2, 0.25) is 0 Å². The number of amides is 1. The van der Waals surface area contributed by atoms with E-state index >= 15 is 0 Å². The molecule has 17 heavy (non-hydrogen) atoms. The van der Waals surface area contributed by atoms with E-state index in [-0.39, 0.29) is 5.91 Å². The molecule has 0 aliphatic carbocycles. The van der Waals surface area contributed by atoms with Crippen molar-refractivity contribution in [1.82, 2.24) is 4.90 Å². The normalized spacial score (nSPS) is 15.7. The summed E-state index contributed by atoms with van der Waals surface area (Å²) in [5.41, 5.74) is 1.87. The monoisotopic (exact) mass is 313 g/mol. The Hall–Kier alpha value is -0.800. The summed E-state index contributed by atoms with van der Waals surface area (Å²) in [6.07, 6.45) is 3.10. The molecule has 1 aromatic carbocycles. The van der Waals surface area contributed by atoms with Crippen LogP contribution in [0.5, 0.6) is 0 Å². The van der Waals surface area contributed by atoms with Gasteiger partial charge in [0.15, 0.2) is 0 Å². The lowest BCUT2D eigenvalue weighted by atomic mass is 10.1. The fourth-order valence-corrected chi connectivity index (χ4v) is 2.50. The molecule has 0 fully saturated rings. The van der Waals surface area contributed by atoms with Gasteiger partial charge in [-0.2, -0.15) is 0 Å². The third kappa shape index (κ3) is 2.90. The van der Waals surface area contributed by atoms with Crippen molar-refractivity contribution in [2.24, 2.45) is 0 Å². The second-order valence-corrected chi connectivity index (χ2v) is 5.48. The summed E-state index contributed by atoms with van der Waals surface area (Å²) >= 11 is 9.32. The highest BCUT2D eigenvalue weighted by Crippen LogP contribution is 2.23. The minimum Gasteiger partial charge on any atom is -0.334 e. The quantitative estimate of drug-likeness (QED) is 0.720. The molecule has 1 amide bonds. The lowest BCUT2D eigenvalue weighted by Crippen LogP contribution is -2.35. The average molecular weight is 315 g/mol. The van der Waals surface area contributed by atoms with Crippen molar-refractivity contribution >= 4 is 33.4 Å². The Morgan fingerprint density at radius 3 is 2.94 bits per heavy atom. The van der Waals surface area contributed by atoms with Crippen molar-refractivity contribution in [3.05, 3.63) is 44.9 Å². The third-order valence-corrected chi connectivity index (χ3v) is 3.70. The van der Waals surface area contributed by atoms with E-state index in [2.05, 4.69) is 22.0 Å². The number of rotatable bonds is 1. The summed E-state index contributed by atoms with van der Waals surface area (Å²) < 4.78 is 0.791. The predicted octanol–water partition coefficient (Wildman–Crippen LogP) is 3.89. The summed E-state index contributed by atoms with van der Waals surface area (Å²) in [7, 11) is 0. The first-order valence-electron chi connectivity index (χ1n) is 5.48. The largest absolute Gasteiger partial charge is 0.334 e. The fourth-order valence-electron chi connectivity index (χ4n) is 1.92. The predicted molar refractivity (Wildman–Crippen MR) is 73.4 cm³/mol. The zero-order valence-corrected chi connectivity index (χ0v) is 11.9. The van der Waals surface area contributed by atoms with E-state index in [1.165, 1.54) is 5.57 Å². The number of hydrogen-bond donors (Lipinski definition) is 0. The van der Waals surface area contributed by atoms with Gasteiger partial charge in [-0.15, -0.1) is 0 Å². The van der Waals surface area contributed by atoms with Gasteiger partial charge in [0.05, 0.1) is 5.56 Å². The van der Waals surface area contributed by atoms with Gasteiger partial charge in [0.1, 0.15) is 0 Å². The van der Waals surface area contributed by atoms with Gasteiger partial charge in [0.25, 0.3) is 5.91 Å². The summed E-state index contributed by atoms with van der Waals surface area (Å²) in [6, 6.07) is 5.29. The minimum absolute atomic E-state index is 0.0341. The van der Waals surface area contributed by atoms with Gasteiger partial charge < -0.3 is 4.90 Å². The van der Waals surface area contributed by atoms with Crippen LogP contribution in [0.2, 0.25) is 5.02 Å². The maximum atomic E-state index is 12.3. The van der Waals surface area contributed by atoms with E-state index < -0.39 is 0 Å². The SMILES string of the molecule is CC1=CCCN(C(=O)c2cc(Cl)ccc2Br)C1. The highest BCUT2D eigenvalue weighted by molar-refractivity contribution is 9.10. The molecule has 0 atom stereocenters. The van der Waals surface area contributed by atoms with E-state index in [4.69, 9.17) is 11.6 Å². The molecular weight excluding hydrogens is 302 g/mol. The Morgan fingerprint density at radius 2 is 2.24 bits per heavy atom. The molecule has 0 spiro atoms.